The van der Waals surface area contributed by atoms with Crippen LogP contribution in [0.1, 0.15) is 28.2 Å². The molecule has 2 aromatic carbocycles. The summed E-state index contributed by atoms with van der Waals surface area (Å²) < 4.78 is 0.797. The number of nitrogens with one attached hydrogen (secondary N) is 1. The lowest BCUT2D eigenvalue weighted by Gasteiger charge is -2.13. The Morgan fingerprint density at radius 1 is 1.25 bits per heavy atom. The summed E-state index contributed by atoms with van der Waals surface area (Å²) in [4.78, 5) is 12.3. The van der Waals surface area contributed by atoms with Crippen molar-refractivity contribution in [1.29, 1.82) is 0 Å². The van der Waals surface area contributed by atoms with Gasteiger partial charge in [-0.15, -0.1) is 11.6 Å². The number of hydrogen-bond acceptors (Lipinski definition) is 1. The molecule has 20 heavy (non-hydrogen) atoms. The zero-order chi connectivity index (χ0) is 14.7. The number of carbonyl (C=O) groups excluding carboxylic acids is 1. The van der Waals surface area contributed by atoms with Gasteiger partial charge < -0.3 is 5.32 Å². The maximum atomic E-state index is 12.3. The van der Waals surface area contributed by atoms with Gasteiger partial charge in [-0.1, -0.05) is 45.7 Å². The number of hydrogen-bond donors (Lipinski definition) is 1. The summed E-state index contributed by atoms with van der Waals surface area (Å²) in [5, 5.41) is 3.06. The highest BCUT2D eigenvalue weighted by Crippen LogP contribution is 2.28. The van der Waals surface area contributed by atoms with Gasteiger partial charge in [-0.3, -0.25) is 4.79 Å². The van der Waals surface area contributed by atoms with E-state index < -0.39 is 0 Å². The number of benzene rings is 2. The van der Waals surface area contributed by atoms with Gasteiger partial charge in [0.05, 0.1) is 16.0 Å². The van der Waals surface area contributed by atoms with E-state index in [-0.39, 0.29) is 11.3 Å². The molecule has 2 aromatic rings. The fourth-order valence-electron chi connectivity index (χ4n) is 1.82. The number of anilines is 1. The molecule has 2 nitrogen and oxygen atoms in total. The van der Waals surface area contributed by atoms with E-state index in [2.05, 4.69) is 21.2 Å². The van der Waals surface area contributed by atoms with Crippen LogP contribution in [0.2, 0.25) is 5.02 Å². The van der Waals surface area contributed by atoms with Crippen molar-refractivity contribution in [2.24, 2.45) is 0 Å². The van der Waals surface area contributed by atoms with E-state index in [4.69, 9.17) is 23.2 Å². The first-order valence-electron chi connectivity index (χ1n) is 5.98. The van der Waals surface area contributed by atoms with Gasteiger partial charge in [-0.2, -0.15) is 0 Å². The summed E-state index contributed by atoms with van der Waals surface area (Å²) in [6.07, 6.45) is 0. The SMILES string of the molecule is CC(Cl)c1ccccc1NC(=O)c1cc(Br)ccc1Cl. The molecule has 104 valence electrons. The maximum Gasteiger partial charge on any atom is 0.257 e. The first-order valence-corrected chi connectivity index (χ1v) is 7.59. The normalized spacial score (nSPS) is 12.0. The van der Waals surface area contributed by atoms with Crippen LogP contribution in [-0.4, -0.2) is 5.91 Å². The third kappa shape index (κ3) is 3.54. The van der Waals surface area contributed by atoms with Crippen molar-refractivity contribution >= 4 is 50.7 Å². The van der Waals surface area contributed by atoms with Crippen molar-refractivity contribution < 1.29 is 4.79 Å². The number of para-hydroxylation sites is 1. The average molecular weight is 373 g/mol. The van der Waals surface area contributed by atoms with Crippen molar-refractivity contribution in [2.45, 2.75) is 12.3 Å². The molecule has 0 saturated heterocycles. The summed E-state index contributed by atoms with van der Waals surface area (Å²) >= 11 is 15.5. The zero-order valence-corrected chi connectivity index (χ0v) is 13.8. The predicted molar refractivity (Wildman–Crippen MR) is 87.8 cm³/mol. The van der Waals surface area contributed by atoms with Gasteiger partial charge in [0.25, 0.3) is 5.91 Å². The maximum absolute atomic E-state index is 12.3. The predicted octanol–water partition coefficient (Wildman–Crippen LogP) is 5.65. The van der Waals surface area contributed by atoms with E-state index in [0.29, 0.717) is 16.3 Å². The van der Waals surface area contributed by atoms with Crippen LogP contribution in [0.5, 0.6) is 0 Å². The van der Waals surface area contributed by atoms with Crippen LogP contribution in [0.25, 0.3) is 0 Å². The Labute approximate surface area is 136 Å². The monoisotopic (exact) mass is 371 g/mol. The molecule has 0 saturated carbocycles. The Bertz CT molecular complexity index is 644. The first kappa shape index (κ1) is 15.4. The molecule has 0 aromatic heterocycles. The van der Waals surface area contributed by atoms with Crippen LogP contribution < -0.4 is 5.32 Å². The Morgan fingerprint density at radius 2 is 1.95 bits per heavy atom. The molecule has 5 heteroatoms. The molecule has 0 aliphatic heterocycles. The van der Waals surface area contributed by atoms with Crippen molar-refractivity contribution in [2.75, 3.05) is 5.32 Å². The Morgan fingerprint density at radius 3 is 2.65 bits per heavy atom. The van der Waals surface area contributed by atoms with Crippen LogP contribution >= 0.6 is 39.1 Å². The Balaban J connectivity index is 2.31. The minimum atomic E-state index is -0.263. The lowest BCUT2D eigenvalue weighted by Crippen LogP contribution is -2.14. The highest BCUT2D eigenvalue weighted by Gasteiger charge is 2.14. The van der Waals surface area contributed by atoms with E-state index in [0.717, 1.165) is 10.0 Å². The van der Waals surface area contributed by atoms with Crippen LogP contribution in [-0.2, 0) is 0 Å². The standard InChI is InChI=1S/C15H12BrCl2NO/c1-9(17)11-4-2-3-5-14(11)19-15(20)12-8-10(16)6-7-13(12)18/h2-9H,1H3,(H,19,20). The summed E-state index contributed by atoms with van der Waals surface area (Å²) in [6.45, 7) is 1.86. The number of amides is 1. The minimum Gasteiger partial charge on any atom is -0.322 e. The molecule has 1 unspecified atom stereocenters. The van der Waals surface area contributed by atoms with Crippen molar-refractivity contribution in [3.8, 4) is 0 Å². The zero-order valence-electron chi connectivity index (χ0n) is 10.7. The first-order chi connectivity index (χ1) is 9.49. The molecule has 0 fully saturated rings. The molecular weight excluding hydrogens is 361 g/mol. The quantitative estimate of drug-likeness (QED) is 0.692. The smallest absolute Gasteiger partial charge is 0.257 e. The second kappa shape index (κ2) is 6.61. The van der Waals surface area contributed by atoms with Gasteiger partial charge >= 0.3 is 0 Å². The van der Waals surface area contributed by atoms with Gasteiger partial charge in [0.15, 0.2) is 0 Å². The fourth-order valence-corrected chi connectivity index (χ4v) is 2.57. The van der Waals surface area contributed by atoms with Crippen LogP contribution in [0.15, 0.2) is 46.9 Å². The number of halogens is 3. The van der Waals surface area contributed by atoms with Gasteiger partial charge in [-0.25, -0.2) is 0 Å². The molecule has 0 radical (unpaired) electrons. The second-order valence-electron chi connectivity index (χ2n) is 4.28. The molecule has 1 amide bonds. The van der Waals surface area contributed by atoms with Gasteiger partial charge in [0, 0.05) is 10.2 Å². The summed E-state index contributed by atoms with van der Waals surface area (Å²) in [5.41, 5.74) is 1.97. The van der Waals surface area contributed by atoms with Gasteiger partial charge in [-0.05, 0) is 36.8 Å². The third-order valence-electron chi connectivity index (χ3n) is 2.81. The van der Waals surface area contributed by atoms with Crippen molar-refractivity contribution in [3.05, 3.63) is 63.1 Å². The average Bonchev–Trinajstić information content (AvgIpc) is 2.41. The topological polar surface area (TPSA) is 29.1 Å². The molecule has 1 N–H and O–H groups in total. The van der Waals surface area contributed by atoms with Gasteiger partial charge in [0.2, 0.25) is 0 Å². The molecule has 0 aliphatic carbocycles. The lowest BCUT2D eigenvalue weighted by atomic mass is 10.1. The summed E-state index contributed by atoms with van der Waals surface area (Å²) in [6, 6.07) is 12.6. The number of rotatable bonds is 3. The van der Waals surface area contributed by atoms with Crippen LogP contribution in [0, 0.1) is 0 Å². The molecule has 0 heterocycles. The highest BCUT2D eigenvalue weighted by molar-refractivity contribution is 9.10. The summed E-state index contributed by atoms with van der Waals surface area (Å²) in [5.74, 6) is -0.263. The van der Waals surface area contributed by atoms with Gasteiger partial charge in [0.1, 0.15) is 0 Å². The second-order valence-corrected chi connectivity index (χ2v) is 6.26. The fraction of sp³-hybridized carbons (Fsp3) is 0.133. The number of carbonyl (C=O) groups is 1. The molecule has 1 atom stereocenters. The van der Waals surface area contributed by atoms with Crippen LogP contribution in [0.4, 0.5) is 5.69 Å². The minimum absolute atomic E-state index is 0.190. The lowest BCUT2D eigenvalue weighted by molar-refractivity contribution is 0.102. The Hall–Kier alpha value is -1.03. The summed E-state index contributed by atoms with van der Waals surface area (Å²) in [7, 11) is 0. The van der Waals surface area contributed by atoms with E-state index >= 15 is 0 Å². The molecular formula is C15H12BrCl2NO. The van der Waals surface area contributed by atoms with E-state index in [9.17, 15) is 4.79 Å². The third-order valence-corrected chi connectivity index (χ3v) is 3.87. The van der Waals surface area contributed by atoms with Crippen LogP contribution in [0.3, 0.4) is 0 Å². The van der Waals surface area contributed by atoms with Crippen molar-refractivity contribution in [3.63, 3.8) is 0 Å². The Kier molecular flexibility index (Phi) is 5.08. The molecule has 2 rings (SSSR count). The van der Waals surface area contributed by atoms with E-state index in [1.807, 2.05) is 31.2 Å². The van der Waals surface area contributed by atoms with Crippen molar-refractivity contribution in [1.82, 2.24) is 0 Å². The molecule has 0 aliphatic rings. The number of alkyl halides is 1. The van der Waals surface area contributed by atoms with E-state index in [1.165, 1.54) is 0 Å². The molecule has 0 spiro atoms. The van der Waals surface area contributed by atoms with E-state index in [1.54, 1.807) is 18.2 Å². The molecule has 0 bridgehead atoms. The largest absolute Gasteiger partial charge is 0.322 e. The highest BCUT2D eigenvalue weighted by atomic mass is 79.9.